The Bertz CT molecular complexity index is 597. The van der Waals surface area contributed by atoms with Crippen LogP contribution >= 0.6 is 35.3 Å². The lowest BCUT2D eigenvalue weighted by Gasteiger charge is -2.11. The molecule has 0 aromatic carbocycles. The second kappa shape index (κ2) is 9.73. The van der Waals surface area contributed by atoms with Crippen LogP contribution < -0.4 is 10.6 Å². The van der Waals surface area contributed by atoms with Crippen molar-refractivity contribution in [3.8, 4) is 0 Å². The van der Waals surface area contributed by atoms with E-state index in [1.807, 2.05) is 26.1 Å². The maximum atomic E-state index is 4.43. The molecule has 2 heterocycles. The van der Waals surface area contributed by atoms with Gasteiger partial charge in [0.15, 0.2) is 5.96 Å². The van der Waals surface area contributed by atoms with Crippen molar-refractivity contribution in [2.75, 3.05) is 13.6 Å². The molecule has 22 heavy (non-hydrogen) atoms. The van der Waals surface area contributed by atoms with Crippen molar-refractivity contribution in [3.05, 3.63) is 45.7 Å². The summed E-state index contributed by atoms with van der Waals surface area (Å²) >= 11 is 1.72. The molecule has 0 bridgehead atoms. The molecule has 0 radical (unpaired) electrons. The van der Waals surface area contributed by atoms with E-state index in [4.69, 9.17) is 0 Å². The van der Waals surface area contributed by atoms with Gasteiger partial charge in [0.2, 0.25) is 0 Å². The molecule has 0 saturated heterocycles. The van der Waals surface area contributed by atoms with Gasteiger partial charge < -0.3 is 10.6 Å². The summed E-state index contributed by atoms with van der Waals surface area (Å²) in [5.74, 6) is 0.810. The average Bonchev–Trinajstić information content (AvgIpc) is 2.81. The van der Waals surface area contributed by atoms with E-state index in [-0.39, 0.29) is 24.0 Å². The number of pyridine rings is 1. The third kappa shape index (κ3) is 5.88. The van der Waals surface area contributed by atoms with Crippen LogP contribution in [0.25, 0.3) is 0 Å². The first kappa shape index (κ1) is 18.8. The molecule has 2 aromatic rings. The van der Waals surface area contributed by atoms with Crippen molar-refractivity contribution in [2.24, 2.45) is 4.99 Å². The molecule has 0 aliphatic carbocycles. The number of nitrogens with one attached hydrogen (secondary N) is 2. The van der Waals surface area contributed by atoms with E-state index >= 15 is 0 Å². The largest absolute Gasteiger partial charge is 0.356 e. The standard InChI is InChI=1S/C15H21N5S.HI/c1-11-14(21-12(2)20-11)10-19-15(16-3)18-8-6-13-5-4-7-17-9-13;/h4-5,7,9H,6,8,10H2,1-3H3,(H2,16,18,19);1H. The number of hydrogen-bond donors (Lipinski definition) is 2. The molecular weight excluding hydrogens is 409 g/mol. The van der Waals surface area contributed by atoms with Gasteiger partial charge in [0.05, 0.1) is 17.2 Å². The average molecular weight is 431 g/mol. The normalized spacial score (nSPS) is 11.0. The minimum atomic E-state index is 0. The molecule has 0 fully saturated rings. The SMILES string of the molecule is CN=C(NCCc1cccnc1)NCc1sc(C)nc1C.I. The molecule has 0 saturated carbocycles. The van der Waals surface area contributed by atoms with Crippen LogP contribution in [0, 0.1) is 13.8 Å². The molecule has 5 nitrogen and oxygen atoms in total. The second-order valence-electron chi connectivity index (χ2n) is 4.71. The third-order valence-corrected chi connectivity index (χ3v) is 4.14. The predicted molar refractivity (Wildman–Crippen MR) is 103 cm³/mol. The van der Waals surface area contributed by atoms with Crippen molar-refractivity contribution in [3.63, 3.8) is 0 Å². The van der Waals surface area contributed by atoms with Gasteiger partial charge >= 0.3 is 0 Å². The molecule has 0 aliphatic heterocycles. The molecule has 0 amide bonds. The van der Waals surface area contributed by atoms with Gasteiger partial charge in [-0.25, -0.2) is 4.98 Å². The zero-order valence-electron chi connectivity index (χ0n) is 13.1. The second-order valence-corrected chi connectivity index (χ2v) is 5.99. The minimum Gasteiger partial charge on any atom is -0.356 e. The molecule has 0 unspecified atom stereocenters. The van der Waals surface area contributed by atoms with Crippen molar-refractivity contribution >= 4 is 41.3 Å². The van der Waals surface area contributed by atoms with Crippen LogP contribution in [0.1, 0.15) is 21.1 Å². The van der Waals surface area contributed by atoms with E-state index in [1.54, 1.807) is 24.6 Å². The Morgan fingerprint density at radius 3 is 2.73 bits per heavy atom. The van der Waals surface area contributed by atoms with Gasteiger partial charge in [-0.2, -0.15) is 0 Å². The van der Waals surface area contributed by atoms with Crippen LogP contribution in [-0.2, 0) is 13.0 Å². The van der Waals surface area contributed by atoms with Gasteiger partial charge in [-0.1, -0.05) is 6.07 Å². The highest BCUT2D eigenvalue weighted by Crippen LogP contribution is 2.16. The van der Waals surface area contributed by atoms with Crippen LogP contribution in [0.4, 0.5) is 0 Å². The first-order valence-electron chi connectivity index (χ1n) is 6.95. The molecule has 120 valence electrons. The van der Waals surface area contributed by atoms with Gasteiger partial charge in [0, 0.05) is 30.9 Å². The monoisotopic (exact) mass is 431 g/mol. The molecule has 2 aromatic heterocycles. The highest BCUT2D eigenvalue weighted by Gasteiger charge is 2.05. The lowest BCUT2D eigenvalue weighted by molar-refractivity contribution is 0.795. The van der Waals surface area contributed by atoms with E-state index in [0.717, 1.165) is 36.2 Å². The van der Waals surface area contributed by atoms with Gasteiger partial charge in [-0.15, -0.1) is 35.3 Å². The molecule has 0 aliphatic rings. The topological polar surface area (TPSA) is 62.2 Å². The maximum Gasteiger partial charge on any atom is 0.191 e. The first-order valence-corrected chi connectivity index (χ1v) is 7.77. The van der Waals surface area contributed by atoms with Gasteiger partial charge in [0.1, 0.15) is 0 Å². The lowest BCUT2D eigenvalue weighted by Crippen LogP contribution is -2.37. The van der Waals surface area contributed by atoms with E-state index in [0.29, 0.717) is 0 Å². The number of hydrogen-bond acceptors (Lipinski definition) is 4. The van der Waals surface area contributed by atoms with Gasteiger partial charge in [-0.05, 0) is 31.9 Å². The van der Waals surface area contributed by atoms with E-state index < -0.39 is 0 Å². The van der Waals surface area contributed by atoms with Gasteiger partial charge in [-0.3, -0.25) is 9.98 Å². The number of thiazole rings is 1. The maximum absolute atomic E-state index is 4.43. The summed E-state index contributed by atoms with van der Waals surface area (Å²) in [6.07, 6.45) is 4.60. The smallest absolute Gasteiger partial charge is 0.191 e. The summed E-state index contributed by atoms with van der Waals surface area (Å²) in [5, 5.41) is 7.73. The Morgan fingerprint density at radius 2 is 2.14 bits per heavy atom. The van der Waals surface area contributed by atoms with Crippen LogP contribution in [0.2, 0.25) is 0 Å². The number of guanidine groups is 1. The van der Waals surface area contributed by atoms with Crippen LogP contribution in [-0.4, -0.2) is 29.5 Å². The Morgan fingerprint density at radius 1 is 1.32 bits per heavy atom. The van der Waals surface area contributed by atoms with Gasteiger partial charge in [0.25, 0.3) is 0 Å². The van der Waals surface area contributed by atoms with Crippen LogP contribution in [0.15, 0.2) is 29.5 Å². The number of aliphatic imine (C=N–C) groups is 1. The Balaban J connectivity index is 0.00000242. The summed E-state index contributed by atoms with van der Waals surface area (Å²) in [6.45, 7) is 5.65. The summed E-state index contributed by atoms with van der Waals surface area (Å²) in [6, 6.07) is 4.03. The fourth-order valence-electron chi connectivity index (χ4n) is 1.99. The van der Waals surface area contributed by atoms with Crippen LogP contribution in [0.5, 0.6) is 0 Å². The molecule has 2 rings (SSSR count). The number of rotatable bonds is 5. The highest BCUT2D eigenvalue weighted by molar-refractivity contribution is 14.0. The van der Waals surface area contributed by atoms with Crippen LogP contribution in [0.3, 0.4) is 0 Å². The summed E-state index contributed by atoms with van der Waals surface area (Å²) in [5.41, 5.74) is 2.31. The molecule has 0 atom stereocenters. The zero-order chi connectivity index (χ0) is 15.1. The predicted octanol–water partition coefficient (Wildman–Crippen LogP) is 2.68. The van der Waals surface area contributed by atoms with E-state index in [2.05, 4.69) is 31.7 Å². The lowest BCUT2D eigenvalue weighted by atomic mass is 10.2. The fraction of sp³-hybridized carbons (Fsp3) is 0.400. The first-order chi connectivity index (χ1) is 10.2. The summed E-state index contributed by atoms with van der Waals surface area (Å²) in [7, 11) is 1.78. The zero-order valence-corrected chi connectivity index (χ0v) is 16.2. The molecule has 7 heteroatoms. The Labute approximate surface area is 152 Å². The fourth-order valence-corrected chi connectivity index (χ4v) is 2.87. The molecule has 2 N–H and O–H groups in total. The Kier molecular flexibility index (Phi) is 8.32. The van der Waals surface area contributed by atoms with Crippen molar-refractivity contribution in [1.29, 1.82) is 0 Å². The number of aromatic nitrogens is 2. The van der Waals surface area contributed by atoms with E-state index in [1.165, 1.54) is 10.4 Å². The minimum absolute atomic E-state index is 0. The number of nitrogens with zero attached hydrogens (tertiary/aromatic N) is 3. The quantitative estimate of drug-likeness (QED) is 0.434. The summed E-state index contributed by atoms with van der Waals surface area (Å²) in [4.78, 5) is 14.0. The van der Waals surface area contributed by atoms with Crippen molar-refractivity contribution in [2.45, 2.75) is 26.8 Å². The summed E-state index contributed by atoms with van der Waals surface area (Å²) < 4.78 is 0. The van der Waals surface area contributed by atoms with Crippen molar-refractivity contribution < 1.29 is 0 Å². The third-order valence-electron chi connectivity index (χ3n) is 3.07. The molecule has 0 spiro atoms. The Hall–Kier alpha value is -1.22. The number of aryl methyl sites for hydroxylation is 2. The molecular formula is C15H22IN5S. The van der Waals surface area contributed by atoms with Crippen molar-refractivity contribution in [1.82, 2.24) is 20.6 Å². The highest BCUT2D eigenvalue weighted by atomic mass is 127. The number of halogens is 1. The van der Waals surface area contributed by atoms with E-state index in [9.17, 15) is 0 Å².